The van der Waals surface area contributed by atoms with Gasteiger partial charge < -0.3 is 10.8 Å². The summed E-state index contributed by atoms with van der Waals surface area (Å²) in [5.74, 6) is 0.433. The minimum absolute atomic E-state index is 0. The van der Waals surface area contributed by atoms with Crippen molar-refractivity contribution in [2.75, 3.05) is 0 Å². The fourth-order valence-electron chi connectivity index (χ4n) is 1.64. The van der Waals surface area contributed by atoms with E-state index in [-0.39, 0.29) is 24.6 Å². The fraction of sp³-hybridized carbons (Fsp3) is 0.455. The monoisotopic (exact) mass is 339 g/mol. The largest absolute Gasteiger partial charge is 0.391 e. The summed E-state index contributed by atoms with van der Waals surface area (Å²) < 4.78 is 1.17. The molecule has 0 bridgehead atoms. The number of halogens is 2. The molecule has 2 atom stereocenters. The second kappa shape index (κ2) is 5.48. The van der Waals surface area contributed by atoms with E-state index in [1.807, 2.05) is 24.3 Å². The van der Waals surface area contributed by atoms with Gasteiger partial charge in [0.2, 0.25) is 0 Å². The molecular formula is C11H15ClINO. The molecule has 0 radical (unpaired) electrons. The van der Waals surface area contributed by atoms with E-state index < -0.39 is 0 Å². The molecule has 0 amide bonds. The molecule has 1 aromatic rings. The Balaban J connectivity index is 0.00000112. The maximum absolute atomic E-state index is 9.87. The van der Waals surface area contributed by atoms with Crippen molar-refractivity contribution in [3.63, 3.8) is 0 Å². The predicted octanol–water partition coefficient (Wildman–Crippen LogP) is 2.48. The summed E-state index contributed by atoms with van der Waals surface area (Å²) in [6.45, 7) is 0. The van der Waals surface area contributed by atoms with E-state index in [4.69, 9.17) is 5.73 Å². The van der Waals surface area contributed by atoms with Crippen LogP contribution in [0.2, 0.25) is 0 Å². The Bertz CT molecular complexity index is 330. The summed E-state index contributed by atoms with van der Waals surface area (Å²) in [4.78, 5) is 0. The van der Waals surface area contributed by atoms with E-state index >= 15 is 0 Å². The molecule has 1 fully saturated rings. The van der Waals surface area contributed by atoms with Gasteiger partial charge in [0.25, 0.3) is 0 Å². The summed E-state index contributed by atoms with van der Waals surface area (Å²) in [5.41, 5.74) is 7.03. The molecule has 2 nitrogen and oxygen atoms in total. The number of hydrogen-bond donors (Lipinski definition) is 2. The van der Waals surface area contributed by atoms with Gasteiger partial charge in [0, 0.05) is 3.57 Å². The summed E-state index contributed by atoms with van der Waals surface area (Å²) in [7, 11) is 0. The van der Waals surface area contributed by atoms with Crippen LogP contribution in [-0.2, 0) is 0 Å². The Morgan fingerprint density at radius 1 is 1.40 bits per heavy atom. The minimum atomic E-state index is -0.367. The molecule has 1 aliphatic rings. The van der Waals surface area contributed by atoms with E-state index in [2.05, 4.69) is 22.6 Å². The fourth-order valence-corrected chi connectivity index (χ4v) is 2.21. The van der Waals surface area contributed by atoms with Crippen molar-refractivity contribution in [3.8, 4) is 0 Å². The van der Waals surface area contributed by atoms with E-state index in [0.29, 0.717) is 5.92 Å². The molecule has 0 saturated heterocycles. The van der Waals surface area contributed by atoms with Crippen molar-refractivity contribution in [1.82, 2.24) is 0 Å². The highest BCUT2D eigenvalue weighted by Crippen LogP contribution is 2.37. The Labute approximate surface area is 110 Å². The topological polar surface area (TPSA) is 46.2 Å². The number of aliphatic hydroxyl groups excluding tert-OH is 1. The van der Waals surface area contributed by atoms with Crippen molar-refractivity contribution in [2.45, 2.75) is 25.0 Å². The molecule has 0 spiro atoms. The van der Waals surface area contributed by atoms with Gasteiger partial charge >= 0.3 is 0 Å². The van der Waals surface area contributed by atoms with Gasteiger partial charge in [-0.1, -0.05) is 12.1 Å². The predicted molar refractivity (Wildman–Crippen MR) is 72.1 cm³/mol. The molecule has 1 saturated carbocycles. The summed E-state index contributed by atoms with van der Waals surface area (Å²) in [5, 5.41) is 9.87. The van der Waals surface area contributed by atoms with Gasteiger partial charge in [0.05, 0.1) is 12.1 Å². The molecule has 0 heterocycles. The molecule has 15 heavy (non-hydrogen) atoms. The summed E-state index contributed by atoms with van der Waals surface area (Å²) in [6.07, 6.45) is 1.88. The summed E-state index contributed by atoms with van der Waals surface area (Å²) in [6, 6.07) is 7.81. The molecule has 4 heteroatoms. The van der Waals surface area contributed by atoms with Crippen LogP contribution in [0.25, 0.3) is 0 Å². The molecule has 0 aromatic heterocycles. The zero-order valence-electron chi connectivity index (χ0n) is 8.27. The lowest BCUT2D eigenvalue weighted by Crippen LogP contribution is -2.27. The van der Waals surface area contributed by atoms with Crippen molar-refractivity contribution in [2.24, 2.45) is 11.7 Å². The third-order valence-corrected chi connectivity index (χ3v) is 3.38. The average molecular weight is 340 g/mol. The van der Waals surface area contributed by atoms with Crippen LogP contribution in [0.1, 0.15) is 24.4 Å². The minimum Gasteiger partial charge on any atom is -0.391 e. The number of rotatable bonds is 3. The lowest BCUT2D eigenvalue weighted by atomic mass is 9.99. The van der Waals surface area contributed by atoms with E-state index in [9.17, 15) is 5.11 Å². The van der Waals surface area contributed by atoms with Crippen LogP contribution in [0, 0.1) is 9.49 Å². The van der Waals surface area contributed by atoms with Crippen LogP contribution >= 0.6 is 35.0 Å². The highest BCUT2D eigenvalue weighted by molar-refractivity contribution is 14.1. The third-order valence-electron chi connectivity index (χ3n) is 2.71. The second-order valence-electron chi connectivity index (χ2n) is 3.91. The lowest BCUT2D eigenvalue weighted by Gasteiger charge is -2.18. The smallest absolute Gasteiger partial charge is 0.0760 e. The van der Waals surface area contributed by atoms with Crippen LogP contribution in [0.3, 0.4) is 0 Å². The van der Waals surface area contributed by atoms with Gasteiger partial charge in [-0.05, 0) is 59.0 Å². The van der Waals surface area contributed by atoms with E-state index in [0.717, 1.165) is 18.4 Å². The number of aliphatic hydroxyl groups is 1. The molecule has 0 aliphatic heterocycles. The zero-order valence-corrected chi connectivity index (χ0v) is 11.2. The molecule has 0 unspecified atom stereocenters. The van der Waals surface area contributed by atoms with E-state index in [1.54, 1.807) is 0 Å². The SMILES string of the molecule is Cl.N[C@H](c1cccc(I)c1)[C@@H](O)C1CC1. The van der Waals surface area contributed by atoms with Gasteiger partial charge in [0.15, 0.2) is 0 Å². The highest BCUT2D eigenvalue weighted by atomic mass is 127. The van der Waals surface area contributed by atoms with Crippen molar-refractivity contribution >= 4 is 35.0 Å². The average Bonchev–Trinajstić information content (AvgIpc) is 2.99. The molecule has 1 aromatic carbocycles. The Morgan fingerprint density at radius 3 is 2.60 bits per heavy atom. The zero-order chi connectivity index (χ0) is 10.1. The first kappa shape index (κ1) is 13.2. The highest BCUT2D eigenvalue weighted by Gasteiger charge is 2.34. The lowest BCUT2D eigenvalue weighted by molar-refractivity contribution is 0.122. The van der Waals surface area contributed by atoms with Gasteiger partial charge in [-0.25, -0.2) is 0 Å². The van der Waals surface area contributed by atoms with E-state index in [1.165, 1.54) is 3.57 Å². The van der Waals surface area contributed by atoms with Crippen LogP contribution in [-0.4, -0.2) is 11.2 Å². The molecule has 84 valence electrons. The van der Waals surface area contributed by atoms with Crippen molar-refractivity contribution in [3.05, 3.63) is 33.4 Å². The second-order valence-corrected chi connectivity index (χ2v) is 5.15. The molecule has 2 rings (SSSR count). The Morgan fingerprint density at radius 2 is 2.07 bits per heavy atom. The van der Waals surface area contributed by atoms with Crippen molar-refractivity contribution < 1.29 is 5.11 Å². The first-order chi connectivity index (χ1) is 6.68. The van der Waals surface area contributed by atoms with Gasteiger partial charge in [-0.3, -0.25) is 0 Å². The third kappa shape index (κ3) is 3.31. The summed E-state index contributed by atoms with van der Waals surface area (Å²) >= 11 is 2.26. The van der Waals surface area contributed by atoms with Crippen LogP contribution < -0.4 is 5.73 Å². The van der Waals surface area contributed by atoms with Gasteiger partial charge in [-0.2, -0.15) is 0 Å². The Hall–Kier alpha value is 0.160. The molecular weight excluding hydrogens is 324 g/mol. The number of benzene rings is 1. The normalized spacial score (nSPS) is 19.1. The quantitative estimate of drug-likeness (QED) is 0.831. The first-order valence-electron chi connectivity index (χ1n) is 4.87. The Kier molecular flexibility index (Phi) is 4.83. The molecule has 1 aliphatic carbocycles. The van der Waals surface area contributed by atoms with Gasteiger partial charge in [0.1, 0.15) is 0 Å². The number of nitrogens with two attached hydrogens (primary N) is 1. The standard InChI is InChI=1S/C11H14INO.ClH/c12-9-3-1-2-8(6-9)10(13)11(14)7-4-5-7;/h1-3,6-7,10-11,14H,4-5,13H2;1H/t10-,11+;/m1./s1. The first-order valence-corrected chi connectivity index (χ1v) is 5.95. The maximum Gasteiger partial charge on any atom is 0.0760 e. The van der Waals surface area contributed by atoms with Crippen LogP contribution in [0.15, 0.2) is 24.3 Å². The van der Waals surface area contributed by atoms with Crippen LogP contribution in [0.5, 0.6) is 0 Å². The molecule has 3 N–H and O–H groups in total. The maximum atomic E-state index is 9.87. The number of hydrogen-bond acceptors (Lipinski definition) is 2. The van der Waals surface area contributed by atoms with Crippen LogP contribution in [0.4, 0.5) is 0 Å². The van der Waals surface area contributed by atoms with Gasteiger partial charge in [-0.15, -0.1) is 12.4 Å². The van der Waals surface area contributed by atoms with Crippen molar-refractivity contribution in [1.29, 1.82) is 0 Å².